The second-order valence-corrected chi connectivity index (χ2v) is 11.0. The maximum atomic E-state index is 13.5. The van der Waals surface area contributed by atoms with E-state index in [9.17, 15) is 14.4 Å². The first-order valence-electron chi connectivity index (χ1n) is 11.7. The number of carbonyl (C=O) groups is 3. The van der Waals surface area contributed by atoms with E-state index in [2.05, 4.69) is 16.8 Å². The highest BCUT2D eigenvalue weighted by Crippen LogP contribution is 2.30. The summed E-state index contributed by atoms with van der Waals surface area (Å²) in [5.74, 6) is 0.678. The first-order valence-corrected chi connectivity index (χ1v) is 14.0. The molecule has 1 aromatic rings. The molecule has 3 atom stereocenters. The molecule has 0 radical (unpaired) electrons. The van der Waals surface area contributed by atoms with Gasteiger partial charge in [-0.2, -0.15) is 11.8 Å². The maximum absolute atomic E-state index is 13.5. The lowest BCUT2D eigenvalue weighted by Crippen LogP contribution is -2.76. The van der Waals surface area contributed by atoms with Crippen LogP contribution in [0.15, 0.2) is 41.8 Å². The topological polar surface area (TPSA) is 76.2 Å². The first kappa shape index (κ1) is 24.9. The number of hydrazine groups is 1. The molecule has 0 aromatic heterocycles. The van der Waals surface area contributed by atoms with E-state index < -0.39 is 12.2 Å². The third-order valence-electron chi connectivity index (χ3n) is 6.52. The van der Waals surface area contributed by atoms with Gasteiger partial charge in [0.2, 0.25) is 11.8 Å². The molecular weight excluding hydrogens is 470 g/mol. The fourth-order valence-electron chi connectivity index (χ4n) is 4.78. The summed E-state index contributed by atoms with van der Waals surface area (Å²) < 4.78 is 0. The van der Waals surface area contributed by atoms with Gasteiger partial charge in [-0.1, -0.05) is 36.4 Å². The number of urea groups is 1. The lowest BCUT2D eigenvalue weighted by molar-refractivity contribution is -0.187. The van der Waals surface area contributed by atoms with Crippen LogP contribution in [0.5, 0.6) is 0 Å². The summed E-state index contributed by atoms with van der Waals surface area (Å²) in [6.45, 7) is 1.43. The van der Waals surface area contributed by atoms with E-state index >= 15 is 0 Å². The number of amides is 4. The summed E-state index contributed by atoms with van der Waals surface area (Å²) in [5.41, 5.74) is 1.00. The summed E-state index contributed by atoms with van der Waals surface area (Å²) in [6, 6.07) is 8.95. The molecule has 184 valence electrons. The molecule has 8 nitrogen and oxygen atoms in total. The quantitative estimate of drug-likeness (QED) is 0.588. The van der Waals surface area contributed by atoms with E-state index in [0.717, 1.165) is 24.2 Å². The highest BCUT2D eigenvalue weighted by atomic mass is 32.2. The molecular formula is C24H33N5O3S2. The third-order valence-corrected chi connectivity index (χ3v) is 8.32. The number of benzene rings is 1. The SMILES string of the molecule is CSCC[C@H]1C(=O)N(CCC2CC=CS2)C[C@H]2N1C(=O)CN(C)N2C(=O)NCc1ccccc1. The number of rotatable bonds is 8. The van der Waals surface area contributed by atoms with Gasteiger partial charge in [-0.15, -0.1) is 11.8 Å². The van der Waals surface area contributed by atoms with Gasteiger partial charge in [-0.05, 0) is 42.2 Å². The smallest absolute Gasteiger partial charge is 0.334 e. The predicted octanol–water partition coefficient (Wildman–Crippen LogP) is 2.59. The van der Waals surface area contributed by atoms with Crippen LogP contribution in [0.3, 0.4) is 0 Å². The van der Waals surface area contributed by atoms with Gasteiger partial charge >= 0.3 is 6.03 Å². The van der Waals surface area contributed by atoms with Crippen LogP contribution in [0, 0.1) is 0 Å². The van der Waals surface area contributed by atoms with E-state index in [4.69, 9.17) is 0 Å². The molecule has 2 saturated heterocycles. The van der Waals surface area contributed by atoms with Crippen LogP contribution >= 0.6 is 23.5 Å². The highest BCUT2D eigenvalue weighted by Gasteiger charge is 2.50. The van der Waals surface area contributed by atoms with Crippen molar-refractivity contribution in [1.82, 2.24) is 25.1 Å². The Hall–Kier alpha value is -2.17. The van der Waals surface area contributed by atoms with Gasteiger partial charge in [-0.3, -0.25) is 9.59 Å². The van der Waals surface area contributed by atoms with Crippen molar-refractivity contribution in [3.05, 3.63) is 47.4 Å². The maximum Gasteiger partial charge on any atom is 0.334 e. The molecule has 0 aliphatic carbocycles. The number of carbonyl (C=O) groups excluding carboxylic acids is 3. The zero-order valence-electron chi connectivity index (χ0n) is 19.8. The Morgan fingerprint density at radius 1 is 1.21 bits per heavy atom. The van der Waals surface area contributed by atoms with Crippen molar-refractivity contribution in [3.8, 4) is 0 Å². The van der Waals surface area contributed by atoms with Crippen LogP contribution in [-0.4, -0.2) is 93.8 Å². The summed E-state index contributed by atoms with van der Waals surface area (Å²) in [4.78, 5) is 43.5. The predicted molar refractivity (Wildman–Crippen MR) is 137 cm³/mol. The van der Waals surface area contributed by atoms with Crippen molar-refractivity contribution in [2.24, 2.45) is 0 Å². The Labute approximate surface area is 210 Å². The molecule has 0 bridgehead atoms. The van der Waals surface area contributed by atoms with Gasteiger partial charge in [0.1, 0.15) is 12.2 Å². The Morgan fingerprint density at radius 2 is 2.00 bits per heavy atom. The Morgan fingerprint density at radius 3 is 2.71 bits per heavy atom. The van der Waals surface area contributed by atoms with Gasteiger partial charge in [0.05, 0.1) is 13.1 Å². The zero-order valence-corrected chi connectivity index (χ0v) is 21.4. The van der Waals surface area contributed by atoms with Crippen molar-refractivity contribution in [2.75, 3.05) is 38.7 Å². The van der Waals surface area contributed by atoms with E-state index in [1.807, 2.05) is 53.2 Å². The van der Waals surface area contributed by atoms with Gasteiger partial charge < -0.3 is 15.1 Å². The minimum atomic E-state index is -0.536. The summed E-state index contributed by atoms with van der Waals surface area (Å²) in [5, 5.41) is 8.91. The number of hydrogen-bond acceptors (Lipinski definition) is 6. The normalized spacial score (nSPS) is 25.1. The molecule has 2 fully saturated rings. The summed E-state index contributed by atoms with van der Waals surface area (Å²) in [6.07, 6.45) is 6.16. The molecule has 3 aliphatic rings. The zero-order chi connectivity index (χ0) is 24.1. The van der Waals surface area contributed by atoms with Gasteiger partial charge in [0.15, 0.2) is 0 Å². The summed E-state index contributed by atoms with van der Waals surface area (Å²) >= 11 is 3.47. The molecule has 3 heterocycles. The molecule has 3 aliphatic heterocycles. The van der Waals surface area contributed by atoms with Crippen molar-refractivity contribution >= 4 is 41.4 Å². The summed E-state index contributed by atoms with van der Waals surface area (Å²) in [7, 11) is 1.76. The lowest BCUT2D eigenvalue weighted by Gasteiger charge is -2.54. The fourth-order valence-corrected chi connectivity index (χ4v) is 6.15. The number of nitrogens with zero attached hydrogens (tertiary/aromatic N) is 4. The Kier molecular flexibility index (Phi) is 8.44. The average molecular weight is 504 g/mol. The van der Waals surface area contributed by atoms with Crippen molar-refractivity contribution < 1.29 is 14.4 Å². The van der Waals surface area contributed by atoms with E-state index in [0.29, 0.717) is 31.3 Å². The van der Waals surface area contributed by atoms with E-state index in [1.165, 1.54) is 0 Å². The van der Waals surface area contributed by atoms with Crippen LogP contribution in [0.2, 0.25) is 0 Å². The standard InChI is InChI=1S/C24H33N5O3S2/c1-26-17-22(30)28-20(11-14-33-2)23(31)27(12-10-19-9-6-13-34-19)16-21(28)29(26)24(32)25-15-18-7-4-3-5-8-18/h3-8,13,19-21H,9-12,14-17H2,1-2H3,(H,25,32)/t19?,20-,21-/m0/s1. The van der Waals surface area contributed by atoms with Crippen LogP contribution in [0.4, 0.5) is 4.79 Å². The van der Waals surface area contributed by atoms with Gasteiger partial charge in [0, 0.05) is 25.4 Å². The van der Waals surface area contributed by atoms with Crippen LogP contribution in [-0.2, 0) is 16.1 Å². The minimum Gasteiger partial charge on any atom is -0.337 e. The number of allylic oxidation sites excluding steroid dienone is 1. The molecule has 1 unspecified atom stereocenters. The van der Waals surface area contributed by atoms with Gasteiger partial charge in [0.25, 0.3) is 0 Å². The minimum absolute atomic E-state index is 0.00352. The number of piperazine rings is 1. The number of nitrogens with one attached hydrogen (secondary N) is 1. The van der Waals surface area contributed by atoms with Crippen LogP contribution in [0.1, 0.15) is 24.8 Å². The molecule has 4 amide bonds. The molecule has 10 heteroatoms. The molecule has 34 heavy (non-hydrogen) atoms. The van der Waals surface area contributed by atoms with Crippen molar-refractivity contribution in [2.45, 2.75) is 43.3 Å². The van der Waals surface area contributed by atoms with Crippen molar-refractivity contribution in [3.63, 3.8) is 0 Å². The number of fused-ring (bicyclic) bond motifs is 1. The second-order valence-electron chi connectivity index (χ2n) is 8.82. The van der Waals surface area contributed by atoms with Crippen molar-refractivity contribution in [1.29, 1.82) is 0 Å². The number of hydrogen-bond donors (Lipinski definition) is 1. The largest absolute Gasteiger partial charge is 0.337 e. The molecule has 0 spiro atoms. The first-order chi connectivity index (χ1) is 16.5. The van der Waals surface area contributed by atoms with E-state index in [1.54, 1.807) is 33.7 Å². The number of likely N-dealkylation sites (N-methyl/N-ethyl adjacent to an activating group) is 1. The molecule has 0 saturated carbocycles. The Balaban J connectivity index is 1.53. The van der Waals surface area contributed by atoms with E-state index in [-0.39, 0.29) is 24.4 Å². The molecule has 1 N–H and O–H groups in total. The molecule has 4 rings (SSSR count). The van der Waals surface area contributed by atoms with Crippen LogP contribution < -0.4 is 5.32 Å². The average Bonchev–Trinajstić information content (AvgIpc) is 3.35. The van der Waals surface area contributed by atoms with Crippen LogP contribution in [0.25, 0.3) is 0 Å². The second kappa shape index (κ2) is 11.5. The van der Waals surface area contributed by atoms with Gasteiger partial charge in [-0.25, -0.2) is 14.8 Å². The molecule has 1 aromatic carbocycles. The monoisotopic (exact) mass is 503 g/mol. The third kappa shape index (κ3) is 5.55. The Bertz CT molecular complexity index is 907. The highest BCUT2D eigenvalue weighted by molar-refractivity contribution is 8.03. The fraction of sp³-hybridized carbons (Fsp3) is 0.542. The number of thioether (sulfide) groups is 2. The lowest BCUT2D eigenvalue weighted by atomic mass is 10.0.